The lowest BCUT2D eigenvalue weighted by molar-refractivity contribution is -0.133. The van der Waals surface area contributed by atoms with Crippen LogP contribution in [0.15, 0.2) is 66.9 Å². The summed E-state index contributed by atoms with van der Waals surface area (Å²) in [5.41, 5.74) is 3.70. The Balaban J connectivity index is 2.02. The van der Waals surface area contributed by atoms with E-state index in [2.05, 4.69) is 0 Å². The number of carbonyl (C=O) groups excluding carboxylic acids is 1. The first-order valence-electron chi connectivity index (χ1n) is 7.73. The lowest BCUT2D eigenvalue weighted by Gasteiger charge is -2.15. The minimum atomic E-state index is -0.496. The molecule has 5 heteroatoms. The molecule has 0 atom stereocenters. The van der Waals surface area contributed by atoms with Crippen molar-refractivity contribution >= 4 is 5.91 Å². The molecule has 0 saturated carbocycles. The van der Waals surface area contributed by atoms with Crippen LogP contribution < -0.4 is 0 Å². The summed E-state index contributed by atoms with van der Waals surface area (Å²) in [5, 5.41) is 13.7. The molecule has 24 heavy (non-hydrogen) atoms. The zero-order valence-electron chi connectivity index (χ0n) is 13.5. The van der Waals surface area contributed by atoms with Crippen LogP contribution in [0.25, 0.3) is 16.9 Å². The summed E-state index contributed by atoms with van der Waals surface area (Å²) in [6, 6.07) is 19.7. The third-order valence-electron chi connectivity index (χ3n) is 3.83. The zero-order chi connectivity index (χ0) is 16.9. The highest BCUT2D eigenvalue weighted by molar-refractivity contribution is 5.77. The minimum Gasteiger partial charge on any atom is -0.387 e. The van der Waals surface area contributed by atoms with Gasteiger partial charge in [-0.25, -0.2) is 4.68 Å². The largest absolute Gasteiger partial charge is 0.387 e. The average molecular weight is 321 g/mol. The second-order valence-corrected chi connectivity index (χ2v) is 5.56. The molecule has 122 valence electrons. The summed E-state index contributed by atoms with van der Waals surface area (Å²) in [7, 11) is 1.67. The Morgan fingerprint density at radius 2 is 1.71 bits per heavy atom. The Morgan fingerprint density at radius 1 is 1.08 bits per heavy atom. The van der Waals surface area contributed by atoms with Gasteiger partial charge < -0.3 is 10.0 Å². The number of hydrogen-bond donors (Lipinski definition) is 1. The van der Waals surface area contributed by atoms with Crippen molar-refractivity contribution in [1.82, 2.24) is 14.7 Å². The number of benzene rings is 2. The van der Waals surface area contributed by atoms with Crippen molar-refractivity contribution in [2.45, 2.75) is 6.54 Å². The monoisotopic (exact) mass is 321 g/mol. The summed E-state index contributed by atoms with van der Waals surface area (Å²) in [5.74, 6) is -0.318. The third-order valence-corrected chi connectivity index (χ3v) is 3.83. The Bertz CT molecular complexity index is 813. The van der Waals surface area contributed by atoms with E-state index in [1.54, 1.807) is 7.05 Å². The molecule has 0 aliphatic rings. The molecule has 1 N–H and O–H groups in total. The van der Waals surface area contributed by atoms with Gasteiger partial charge in [-0.15, -0.1) is 0 Å². The van der Waals surface area contributed by atoms with Gasteiger partial charge in [0.2, 0.25) is 5.91 Å². The fraction of sp³-hybridized carbons (Fsp3) is 0.158. The van der Waals surface area contributed by atoms with Gasteiger partial charge in [0.15, 0.2) is 0 Å². The van der Waals surface area contributed by atoms with E-state index < -0.39 is 6.61 Å². The second kappa shape index (κ2) is 7.10. The number of para-hydroxylation sites is 1. The van der Waals surface area contributed by atoms with Crippen LogP contribution in [-0.4, -0.2) is 39.3 Å². The van der Waals surface area contributed by atoms with Gasteiger partial charge in [0, 0.05) is 30.9 Å². The van der Waals surface area contributed by atoms with E-state index in [0.717, 1.165) is 22.5 Å². The van der Waals surface area contributed by atoms with E-state index in [9.17, 15) is 4.79 Å². The van der Waals surface area contributed by atoms with Crippen LogP contribution >= 0.6 is 0 Å². The number of nitrogens with zero attached hydrogens (tertiary/aromatic N) is 3. The number of amides is 1. The molecule has 0 aliphatic heterocycles. The Hall–Kier alpha value is -2.92. The van der Waals surface area contributed by atoms with Gasteiger partial charge in [0.1, 0.15) is 6.61 Å². The van der Waals surface area contributed by atoms with Crippen LogP contribution in [0.1, 0.15) is 5.56 Å². The lowest BCUT2D eigenvalue weighted by atomic mass is 10.1. The van der Waals surface area contributed by atoms with Crippen molar-refractivity contribution < 1.29 is 9.90 Å². The molecular weight excluding hydrogens is 302 g/mol. The summed E-state index contributed by atoms with van der Waals surface area (Å²) in [6.45, 7) is -0.111. The molecule has 0 spiro atoms. The molecule has 0 bridgehead atoms. The van der Waals surface area contributed by atoms with Gasteiger partial charge in [-0.05, 0) is 12.1 Å². The number of likely N-dealkylation sites (N-methyl/N-ethyl adjacent to an activating group) is 1. The molecule has 1 aromatic heterocycles. The summed E-state index contributed by atoms with van der Waals surface area (Å²) in [6.07, 6.45) is 1.93. The number of carbonyl (C=O) groups is 1. The highest BCUT2D eigenvalue weighted by atomic mass is 16.3. The smallest absolute Gasteiger partial charge is 0.248 e. The topological polar surface area (TPSA) is 58.4 Å². The predicted molar refractivity (Wildman–Crippen MR) is 92.6 cm³/mol. The van der Waals surface area contributed by atoms with E-state index in [4.69, 9.17) is 10.2 Å². The van der Waals surface area contributed by atoms with Gasteiger partial charge in [0.25, 0.3) is 0 Å². The first-order valence-corrected chi connectivity index (χ1v) is 7.73. The van der Waals surface area contributed by atoms with Crippen LogP contribution in [0.4, 0.5) is 0 Å². The van der Waals surface area contributed by atoms with Crippen LogP contribution in [0, 0.1) is 0 Å². The molecule has 0 unspecified atom stereocenters. The number of hydrogen-bond acceptors (Lipinski definition) is 3. The molecule has 2 aromatic carbocycles. The highest BCUT2D eigenvalue weighted by Crippen LogP contribution is 2.24. The molecule has 0 radical (unpaired) electrons. The molecule has 3 aromatic rings. The minimum absolute atomic E-state index is 0.318. The van der Waals surface area contributed by atoms with Crippen LogP contribution in [0.2, 0.25) is 0 Å². The maximum Gasteiger partial charge on any atom is 0.248 e. The van der Waals surface area contributed by atoms with Gasteiger partial charge >= 0.3 is 0 Å². The fourth-order valence-corrected chi connectivity index (χ4v) is 2.54. The van der Waals surface area contributed by atoms with Crippen molar-refractivity contribution in [2.75, 3.05) is 13.7 Å². The maximum absolute atomic E-state index is 11.7. The van der Waals surface area contributed by atoms with Crippen molar-refractivity contribution in [1.29, 1.82) is 0 Å². The quantitative estimate of drug-likeness (QED) is 0.785. The Labute approximate surface area is 140 Å². The molecule has 0 aliphatic carbocycles. The normalized spacial score (nSPS) is 10.6. The molecule has 1 heterocycles. The van der Waals surface area contributed by atoms with Crippen LogP contribution in [-0.2, 0) is 11.3 Å². The first-order chi connectivity index (χ1) is 11.7. The van der Waals surface area contributed by atoms with Crippen molar-refractivity contribution in [3.8, 4) is 16.9 Å². The zero-order valence-corrected chi connectivity index (χ0v) is 13.5. The maximum atomic E-state index is 11.7. The number of aliphatic hydroxyl groups excluding tert-OH is 1. The molecule has 5 nitrogen and oxygen atoms in total. The molecule has 0 fully saturated rings. The second-order valence-electron chi connectivity index (χ2n) is 5.56. The number of rotatable bonds is 5. The fourth-order valence-electron chi connectivity index (χ4n) is 2.54. The van der Waals surface area contributed by atoms with Crippen LogP contribution in [0.5, 0.6) is 0 Å². The Kier molecular flexibility index (Phi) is 4.72. The van der Waals surface area contributed by atoms with E-state index in [0.29, 0.717) is 6.54 Å². The lowest BCUT2D eigenvalue weighted by Crippen LogP contribution is -2.28. The van der Waals surface area contributed by atoms with Crippen molar-refractivity contribution in [3.63, 3.8) is 0 Å². The predicted octanol–water partition coefficient (Wildman–Crippen LogP) is 2.49. The molecule has 0 saturated heterocycles. The summed E-state index contributed by atoms with van der Waals surface area (Å²) >= 11 is 0. The van der Waals surface area contributed by atoms with E-state index in [1.807, 2.05) is 71.5 Å². The van der Waals surface area contributed by atoms with Gasteiger partial charge in [-0.2, -0.15) is 5.10 Å². The van der Waals surface area contributed by atoms with Crippen LogP contribution in [0.3, 0.4) is 0 Å². The number of aromatic nitrogens is 2. The summed E-state index contributed by atoms with van der Waals surface area (Å²) in [4.78, 5) is 13.2. The van der Waals surface area contributed by atoms with E-state index in [-0.39, 0.29) is 5.91 Å². The third kappa shape index (κ3) is 3.36. The SMILES string of the molecule is CN(Cc1cn(-c2ccccc2)nc1-c1ccccc1)C(=O)CO. The average Bonchev–Trinajstić information content (AvgIpc) is 3.06. The standard InChI is InChI=1S/C19H19N3O2/c1-21(18(24)14-23)12-16-13-22(17-10-6-3-7-11-17)20-19(16)15-8-4-2-5-9-15/h2-11,13,23H,12,14H2,1H3. The highest BCUT2D eigenvalue weighted by Gasteiger charge is 2.16. The van der Waals surface area contributed by atoms with E-state index in [1.165, 1.54) is 4.90 Å². The molecule has 1 amide bonds. The number of aliphatic hydroxyl groups is 1. The molecule has 3 rings (SSSR count). The van der Waals surface area contributed by atoms with Gasteiger partial charge in [0.05, 0.1) is 11.4 Å². The summed E-state index contributed by atoms with van der Waals surface area (Å²) < 4.78 is 1.81. The van der Waals surface area contributed by atoms with Gasteiger partial charge in [-0.3, -0.25) is 4.79 Å². The van der Waals surface area contributed by atoms with Crippen molar-refractivity contribution in [2.24, 2.45) is 0 Å². The van der Waals surface area contributed by atoms with E-state index >= 15 is 0 Å². The van der Waals surface area contributed by atoms with Crippen molar-refractivity contribution in [3.05, 3.63) is 72.4 Å². The Morgan fingerprint density at radius 3 is 2.33 bits per heavy atom. The molecular formula is C19H19N3O2. The first kappa shape index (κ1) is 16.0. The van der Waals surface area contributed by atoms with Gasteiger partial charge in [-0.1, -0.05) is 48.5 Å².